The maximum absolute atomic E-state index is 12.6. The van der Waals surface area contributed by atoms with E-state index in [0.717, 1.165) is 23.4 Å². The lowest BCUT2D eigenvalue weighted by atomic mass is 10.1. The maximum Gasteiger partial charge on any atom is 0.274 e. The molecule has 1 heterocycles. The SMILES string of the molecule is CCc1ccccc1NC(=O)c1cc(C(=O)Nc2ccc(N(C)C)cc2)ccn1. The van der Waals surface area contributed by atoms with Gasteiger partial charge in [0.2, 0.25) is 0 Å². The highest BCUT2D eigenvalue weighted by Gasteiger charge is 2.13. The predicted octanol–water partition coefficient (Wildman–Crippen LogP) is 4.21. The average molecular weight is 388 g/mol. The van der Waals surface area contributed by atoms with E-state index < -0.39 is 0 Å². The van der Waals surface area contributed by atoms with Crippen molar-refractivity contribution in [2.45, 2.75) is 13.3 Å². The molecular weight excluding hydrogens is 364 g/mol. The number of aromatic nitrogens is 1. The van der Waals surface area contributed by atoms with Crippen LogP contribution >= 0.6 is 0 Å². The standard InChI is InChI=1S/C23H24N4O2/c1-4-16-7-5-6-8-20(16)26-23(29)21-15-17(13-14-24-21)22(28)25-18-9-11-19(12-10-18)27(2)3/h5-15H,4H2,1-3H3,(H,25,28)(H,26,29). The van der Waals surface area contributed by atoms with Crippen molar-refractivity contribution in [1.29, 1.82) is 0 Å². The van der Waals surface area contributed by atoms with Crippen LogP contribution in [0.3, 0.4) is 0 Å². The van der Waals surface area contributed by atoms with Gasteiger partial charge in [-0.25, -0.2) is 0 Å². The number of carbonyl (C=O) groups is 2. The smallest absolute Gasteiger partial charge is 0.274 e. The minimum absolute atomic E-state index is 0.187. The Morgan fingerprint density at radius 2 is 1.66 bits per heavy atom. The number of para-hydroxylation sites is 1. The lowest BCUT2D eigenvalue weighted by Gasteiger charge is -2.13. The summed E-state index contributed by atoms with van der Waals surface area (Å²) in [7, 11) is 3.91. The third-order valence-electron chi connectivity index (χ3n) is 4.54. The summed E-state index contributed by atoms with van der Waals surface area (Å²) in [6, 6.07) is 18.2. The number of benzene rings is 2. The van der Waals surface area contributed by atoms with Crippen LogP contribution in [0.2, 0.25) is 0 Å². The Labute approximate surface area is 170 Å². The molecule has 0 atom stereocenters. The zero-order valence-corrected chi connectivity index (χ0v) is 16.8. The number of carbonyl (C=O) groups excluding carboxylic acids is 2. The first kappa shape index (κ1) is 20.1. The molecule has 0 fully saturated rings. The average Bonchev–Trinajstić information content (AvgIpc) is 2.74. The van der Waals surface area contributed by atoms with Crippen LogP contribution in [0.1, 0.15) is 33.3 Å². The molecule has 1 aromatic heterocycles. The molecule has 29 heavy (non-hydrogen) atoms. The lowest BCUT2D eigenvalue weighted by Crippen LogP contribution is -2.17. The molecule has 6 nitrogen and oxygen atoms in total. The van der Waals surface area contributed by atoms with E-state index in [1.165, 1.54) is 12.3 Å². The van der Waals surface area contributed by atoms with Crippen LogP contribution in [-0.2, 0) is 6.42 Å². The van der Waals surface area contributed by atoms with Crippen molar-refractivity contribution >= 4 is 28.9 Å². The van der Waals surface area contributed by atoms with Crippen LogP contribution in [0.25, 0.3) is 0 Å². The quantitative estimate of drug-likeness (QED) is 0.663. The van der Waals surface area contributed by atoms with Gasteiger partial charge in [-0.3, -0.25) is 14.6 Å². The molecule has 3 rings (SSSR count). The van der Waals surface area contributed by atoms with E-state index in [0.29, 0.717) is 11.3 Å². The molecule has 0 bridgehead atoms. The fraction of sp³-hybridized carbons (Fsp3) is 0.174. The second kappa shape index (κ2) is 9.01. The first-order valence-electron chi connectivity index (χ1n) is 9.42. The Morgan fingerprint density at radius 1 is 0.931 bits per heavy atom. The van der Waals surface area contributed by atoms with Gasteiger partial charge >= 0.3 is 0 Å². The fourth-order valence-corrected chi connectivity index (χ4v) is 2.88. The summed E-state index contributed by atoms with van der Waals surface area (Å²) in [6.07, 6.45) is 2.27. The van der Waals surface area contributed by atoms with Crippen LogP contribution in [0, 0.1) is 0 Å². The van der Waals surface area contributed by atoms with Gasteiger partial charge in [0.15, 0.2) is 0 Å². The first-order valence-corrected chi connectivity index (χ1v) is 9.42. The second-order valence-corrected chi connectivity index (χ2v) is 6.79. The number of rotatable bonds is 6. The van der Waals surface area contributed by atoms with Crippen LogP contribution in [-0.4, -0.2) is 30.9 Å². The van der Waals surface area contributed by atoms with E-state index in [-0.39, 0.29) is 17.5 Å². The van der Waals surface area contributed by atoms with E-state index in [9.17, 15) is 9.59 Å². The van der Waals surface area contributed by atoms with Crippen molar-refractivity contribution in [3.63, 3.8) is 0 Å². The van der Waals surface area contributed by atoms with Crippen LogP contribution in [0.5, 0.6) is 0 Å². The van der Waals surface area contributed by atoms with Gasteiger partial charge < -0.3 is 15.5 Å². The molecule has 2 N–H and O–H groups in total. The molecule has 6 heteroatoms. The van der Waals surface area contributed by atoms with E-state index >= 15 is 0 Å². The Kier molecular flexibility index (Phi) is 6.24. The second-order valence-electron chi connectivity index (χ2n) is 6.79. The summed E-state index contributed by atoms with van der Waals surface area (Å²) in [5.41, 5.74) is 4.06. The number of aryl methyl sites for hydroxylation is 1. The summed E-state index contributed by atoms with van der Waals surface area (Å²) in [4.78, 5) is 31.3. The Bertz CT molecular complexity index is 1010. The highest BCUT2D eigenvalue weighted by Crippen LogP contribution is 2.18. The molecule has 0 unspecified atom stereocenters. The summed E-state index contributed by atoms with van der Waals surface area (Å²) in [6.45, 7) is 2.03. The van der Waals surface area contributed by atoms with Gasteiger partial charge in [-0.2, -0.15) is 0 Å². The minimum Gasteiger partial charge on any atom is -0.378 e. The number of amides is 2. The van der Waals surface area contributed by atoms with Crippen LogP contribution < -0.4 is 15.5 Å². The summed E-state index contributed by atoms with van der Waals surface area (Å²) < 4.78 is 0. The number of hydrogen-bond donors (Lipinski definition) is 2. The van der Waals surface area contributed by atoms with Crippen LogP contribution in [0.4, 0.5) is 17.1 Å². The van der Waals surface area contributed by atoms with Gasteiger partial charge in [0.05, 0.1) is 0 Å². The number of pyridine rings is 1. The lowest BCUT2D eigenvalue weighted by molar-refractivity contribution is 0.102. The summed E-state index contributed by atoms with van der Waals surface area (Å²) in [5.74, 6) is -0.649. The van der Waals surface area contributed by atoms with Gasteiger partial charge in [-0.15, -0.1) is 0 Å². The molecule has 0 saturated heterocycles. The van der Waals surface area contributed by atoms with Crippen molar-refractivity contribution in [3.8, 4) is 0 Å². The largest absolute Gasteiger partial charge is 0.378 e. The van der Waals surface area contributed by atoms with E-state index in [4.69, 9.17) is 0 Å². The number of hydrogen-bond acceptors (Lipinski definition) is 4. The third kappa shape index (κ3) is 4.99. The Morgan fingerprint density at radius 3 is 2.34 bits per heavy atom. The van der Waals surface area contributed by atoms with E-state index in [2.05, 4.69) is 15.6 Å². The van der Waals surface area contributed by atoms with Crippen molar-refractivity contribution in [3.05, 3.63) is 83.7 Å². The Hall–Kier alpha value is -3.67. The van der Waals surface area contributed by atoms with E-state index in [1.54, 1.807) is 6.07 Å². The highest BCUT2D eigenvalue weighted by atomic mass is 16.2. The fourth-order valence-electron chi connectivity index (χ4n) is 2.88. The number of anilines is 3. The van der Waals surface area contributed by atoms with Gasteiger partial charge in [-0.05, 0) is 54.4 Å². The van der Waals surface area contributed by atoms with Crippen molar-refractivity contribution < 1.29 is 9.59 Å². The topological polar surface area (TPSA) is 74.3 Å². The first-order chi connectivity index (χ1) is 14.0. The third-order valence-corrected chi connectivity index (χ3v) is 4.54. The minimum atomic E-state index is -0.351. The molecule has 0 aliphatic carbocycles. The highest BCUT2D eigenvalue weighted by molar-refractivity contribution is 6.08. The molecule has 2 amide bonds. The maximum atomic E-state index is 12.6. The van der Waals surface area contributed by atoms with Crippen molar-refractivity contribution in [2.75, 3.05) is 29.6 Å². The number of nitrogens with zero attached hydrogens (tertiary/aromatic N) is 2. The molecular formula is C23H24N4O2. The number of nitrogens with one attached hydrogen (secondary N) is 2. The molecule has 0 aliphatic rings. The van der Waals surface area contributed by atoms with Crippen molar-refractivity contribution in [1.82, 2.24) is 4.98 Å². The molecule has 2 aromatic carbocycles. The summed E-state index contributed by atoms with van der Waals surface area (Å²) >= 11 is 0. The van der Waals surface area contributed by atoms with Gasteiger partial charge in [0.25, 0.3) is 11.8 Å². The zero-order valence-electron chi connectivity index (χ0n) is 16.8. The molecule has 0 spiro atoms. The molecule has 0 saturated carbocycles. The normalized spacial score (nSPS) is 10.3. The predicted molar refractivity (Wildman–Crippen MR) is 117 cm³/mol. The molecule has 0 aliphatic heterocycles. The monoisotopic (exact) mass is 388 g/mol. The van der Waals surface area contributed by atoms with Gasteiger partial charge in [-0.1, -0.05) is 25.1 Å². The molecule has 148 valence electrons. The zero-order chi connectivity index (χ0) is 20.8. The Balaban J connectivity index is 1.72. The summed E-state index contributed by atoms with van der Waals surface area (Å²) in [5, 5.41) is 5.71. The molecule has 3 aromatic rings. The van der Waals surface area contributed by atoms with Gasteiger partial charge in [0.1, 0.15) is 5.69 Å². The van der Waals surface area contributed by atoms with Gasteiger partial charge in [0, 0.05) is 42.9 Å². The van der Waals surface area contributed by atoms with Crippen LogP contribution in [0.15, 0.2) is 66.9 Å². The van der Waals surface area contributed by atoms with Crippen molar-refractivity contribution in [2.24, 2.45) is 0 Å². The van der Waals surface area contributed by atoms with E-state index in [1.807, 2.05) is 74.4 Å². The molecule has 0 radical (unpaired) electrons.